The molecule has 0 fully saturated rings. The van der Waals surface area contributed by atoms with Crippen molar-refractivity contribution in [1.29, 1.82) is 0 Å². The highest BCUT2D eigenvalue weighted by Crippen LogP contribution is 2.10. The number of halogens is 1. The summed E-state index contributed by atoms with van der Waals surface area (Å²) in [5, 5.41) is -0.609. The Hall–Kier alpha value is -1.86. The minimum Gasteiger partial charge on any atom is -0.257 e. The van der Waals surface area contributed by atoms with E-state index in [-0.39, 0.29) is 6.54 Å². The first-order valence-electron chi connectivity index (χ1n) is 5.52. The van der Waals surface area contributed by atoms with Crippen LogP contribution in [-0.4, -0.2) is 18.4 Å². The van der Waals surface area contributed by atoms with Crippen LogP contribution in [-0.2, 0) is 16.6 Å². The largest absolute Gasteiger partial charge is 0.261 e. The number of sulfonamides is 1. The predicted octanol–water partition coefficient (Wildman–Crippen LogP) is 1.40. The second-order valence-electron chi connectivity index (χ2n) is 3.89. The molecule has 0 amide bonds. The van der Waals surface area contributed by atoms with Gasteiger partial charge in [0.25, 0.3) is 10.0 Å². The van der Waals surface area contributed by atoms with E-state index < -0.39 is 20.9 Å². The van der Waals surface area contributed by atoms with Gasteiger partial charge in [0.05, 0.1) is 12.2 Å². The highest BCUT2D eigenvalue weighted by molar-refractivity contribution is 7.89. The summed E-state index contributed by atoms with van der Waals surface area (Å²) in [5.74, 6) is -0.882. The second kappa shape index (κ2) is 5.41. The smallest absolute Gasteiger partial charge is 0.257 e. The highest BCUT2D eigenvalue weighted by Gasteiger charge is 2.20. The van der Waals surface area contributed by atoms with E-state index in [0.717, 1.165) is 11.8 Å². The van der Waals surface area contributed by atoms with Gasteiger partial charge in [0.1, 0.15) is 0 Å². The summed E-state index contributed by atoms with van der Waals surface area (Å²) in [5.41, 5.74) is 1.33. The molecule has 0 unspecified atom stereocenters. The standard InChI is InChI=1S/C12H12FN3O2S/c1-9-4-2-5-10(16-9)8-15-19(17,18)12-11(13)6-3-7-14-12/h2-7,15H,8H2,1H3. The molecule has 0 spiro atoms. The minimum absolute atomic E-state index is 0.0139. The first kappa shape index (κ1) is 13.6. The van der Waals surface area contributed by atoms with E-state index >= 15 is 0 Å². The summed E-state index contributed by atoms with van der Waals surface area (Å²) in [6.45, 7) is 1.79. The van der Waals surface area contributed by atoms with Gasteiger partial charge in [-0.15, -0.1) is 0 Å². The van der Waals surface area contributed by atoms with Crippen LogP contribution in [0.25, 0.3) is 0 Å². The van der Waals surface area contributed by atoms with Crippen LogP contribution in [0.5, 0.6) is 0 Å². The van der Waals surface area contributed by atoms with Gasteiger partial charge in [-0.05, 0) is 31.2 Å². The molecular formula is C12H12FN3O2S. The maximum Gasteiger partial charge on any atom is 0.261 e. The average Bonchev–Trinajstić information content (AvgIpc) is 2.37. The lowest BCUT2D eigenvalue weighted by molar-refractivity contribution is 0.544. The fourth-order valence-corrected chi connectivity index (χ4v) is 2.50. The van der Waals surface area contributed by atoms with Crippen molar-refractivity contribution in [3.63, 3.8) is 0 Å². The van der Waals surface area contributed by atoms with Crippen LogP contribution >= 0.6 is 0 Å². The molecule has 2 rings (SSSR count). The Bertz CT molecular complexity index is 689. The molecule has 0 atom stereocenters. The van der Waals surface area contributed by atoms with Gasteiger partial charge in [-0.2, -0.15) is 0 Å². The molecule has 19 heavy (non-hydrogen) atoms. The predicted molar refractivity (Wildman–Crippen MR) is 67.2 cm³/mol. The quantitative estimate of drug-likeness (QED) is 0.919. The van der Waals surface area contributed by atoms with E-state index in [4.69, 9.17) is 0 Å². The van der Waals surface area contributed by atoms with E-state index in [2.05, 4.69) is 14.7 Å². The third kappa shape index (κ3) is 3.33. The minimum atomic E-state index is -3.98. The van der Waals surface area contributed by atoms with Crippen molar-refractivity contribution < 1.29 is 12.8 Å². The Balaban J connectivity index is 2.17. The third-order valence-electron chi connectivity index (χ3n) is 2.37. The van der Waals surface area contributed by atoms with E-state index in [1.54, 1.807) is 25.1 Å². The molecule has 2 heterocycles. The van der Waals surface area contributed by atoms with Crippen molar-refractivity contribution in [2.24, 2.45) is 0 Å². The maximum absolute atomic E-state index is 13.4. The van der Waals surface area contributed by atoms with E-state index in [0.29, 0.717) is 5.69 Å². The highest BCUT2D eigenvalue weighted by atomic mass is 32.2. The molecular weight excluding hydrogens is 269 g/mol. The molecule has 100 valence electrons. The van der Waals surface area contributed by atoms with Crippen LogP contribution in [0, 0.1) is 12.7 Å². The average molecular weight is 281 g/mol. The Morgan fingerprint density at radius 2 is 2.05 bits per heavy atom. The Morgan fingerprint density at radius 1 is 1.26 bits per heavy atom. The fourth-order valence-electron chi connectivity index (χ4n) is 1.50. The third-order valence-corrected chi connectivity index (χ3v) is 3.70. The Kier molecular flexibility index (Phi) is 3.87. The van der Waals surface area contributed by atoms with Crippen LogP contribution in [0.2, 0.25) is 0 Å². The topological polar surface area (TPSA) is 72.0 Å². The fraction of sp³-hybridized carbons (Fsp3) is 0.167. The molecule has 0 aliphatic carbocycles. The van der Waals surface area contributed by atoms with Gasteiger partial charge in [0.2, 0.25) is 5.03 Å². The van der Waals surface area contributed by atoms with Crippen molar-refractivity contribution in [1.82, 2.24) is 14.7 Å². The van der Waals surface area contributed by atoms with E-state index in [1.165, 1.54) is 12.3 Å². The molecule has 7 heteroatoms. The van der Waals surface area contributed by atoms with Crippen molar-refractivity contribution in [2.45, 2.75) is 18.5 Å². The zero-order valence-electron chi connectivity index (χ0n) is 10.2. The van der Waals surface area contributed by atoms with Crippen molar-refractivity contribution in [2.75, 3.05) is 0 Å². The number of nitrogens with zero attached hydrogens (tertiary/aromatic N) is 2. The molecule has 0 saturated carbocycles. The molecule has 2 aromatic rings. The van der Waals surface area contributed by atoms with Gasteiger partial charge in [-0.3, -0.25) is 4.98 Å². The molecule has 0 aliphatic rings. The van der Waals surface area contributed by atoms with Gasteiger partial charge in [-0.25, -0.2) is 22.5 Å². The van der Waals surface area contributed by atoms with Gasteiger partial charge < -0.3 is 0 Å². The molecule has 1 N–H and O–H groups in total. The molecule has 2 aromatic heterocycles. The monoisotopic (exact) mass is 281 g/mol. The van der Waals surface area contributed by atoms with Crippen molar-refractivity contribution in [3.05, 3.63) is 53.7 Å². The lowest BCUT2D eigenvalue weighted by Crippen LogP contribution is -2.25. The number of rotatable bonds is 4. The number of aryl methyl sites for hydroxylation is 1. The first-order valence-corrected chi connectivity index (χ1v) is 7.00. The van der Waals surface area contributed by atoms with E-state index in [9.17, 15) is 12.8 Å². The normalized spacial score (nSPS) is 11.5. The Labute approximate surface area is 110 Å². The molecule has 0 aromatic carbocycles. The summed E-state index contributed by atoms with van der Waals surface area (Å²) in [6.07, 6.45) is 1.22. The van der Waals surface area contributed by atoms with Gasteiger partial charge in [-0.1, -0.05) is 6.07 Å². The lowest BCUT2D eigenvalue weighted by atomic mass is 10.3. The maximum atomic E-state index is 13.4. The summed E-state index contributed by atoms with van der Waals surface area (Å²) in [6, 6.07) is 7.64. The molecule has 5 nitrogen and oxygen atoms in total. The zero-order chi connectivity index (χ0) is 13.9. The van der Waals surface area contributed by atoms with Crippen LogP contribution < -0.4 is 4.72 Å². The number of pyridine rings is 2. The van der Waals surface area contributed by atoms with Crippen molar-refractivity contribution in [3.8, 4) is 0 Å². The lowest BCUT2D eigenvalue weighted by Gasteiger charge is -2.06. The Morgan fingerprint density at radius 3 is 2.74 bits per heavy atom. The van der Waals surface area contributed by atoms with E-state index in [1.807, 2.05) is 0 Å². The summed E-state index contributed by atoms with van der Waals surface area (Å²) < 4.78 is 39.4. The summed E-state index contributed by atoms with van der Waals surface area (Å²) in [7, 11) is -3.98. The number of hydrogen-bond acceptors (Lipinski definition) is 4. The number of hydrogen-bond donors (Lipinski definition) is 1. The molecule has 0 aliphatic heterocycles. The molecule has 0 bridgehead atoms. The first-order chi connectivity index (χ1) is 8.99. The molecule has 0 saturated heterocycles. The SMILES string of the molecule is Cc1cccc(CNS(=O)(=O)c2ncccc2F)n1. The van der Waals surface area contributed by atoms with Gasteiger partial charge in [0.15, 0.2) is 5.82 Å². The van der Waals surface area contributed by atoms with Crippen LogP contribution in [0.1, 0.15) is 11.4 Å². The molecule has 0 radical (unpaired) electrons. The number of aromatic nitrogens is 2. The van der Waals surface area contributed by atoms with Crippen molar-refractivity contribution >= 4 is 10.0 Å². The van der Waals surface area contributed by atoms with Crippen LogP contribution in [0.3, 0.4) is 0 Å². The van der Waals surface area contributed by atoms with Crippen LogP contribution in [0.4, 0.5) is 4.39 Å². The van der Waals surface area contributed by atoms with Crippen LogP contribution in [0.15, 0.2) is 41.6 Å². The van der Waals surface area contributed by atoms with Gasteiger partial charge in [0, 0.05) is 11.9 Å². The summed E-state index contributed by atoms with van der Waals surface area (Å²) >= 11 is 0. The second-order valence-corrected chi connectivity index (χ2v) is 5.57. The summed E-state index contributed by atoms with van der Waals surface area (Å²) in [4.78, 5) is 7.69. The zero-order valence-corrected chi connectivity index (χ0v) is 11.0. The van der Waals surface area contributed by atoms with Gasteiger partial charge >= 0.3 is 0 Å². The number of nitrogens with one attached hydrogen (secondary N) is 1.